The fourth-order valence-electron chi connectivity index (χ4n) is 2.31. The van der Waals surface area contributed by atoms with Gasteiger partial charge >= 0.3 is 0 Å². The van der Waals surface area contributed by atoms with Gasteiger partial charge < -0.3 is 10.1 Å². The summed E-state index contributed by atoms with van der Waals surface area (Å²) in [7, 11) is 0. The minimum atomic E-state index is 0.0764. The third-order valence-corrected chi connectivity index (χ3v) is 2.86. The van der Waals surface area contributed by atoms with E-state index in [0.717, 1.165) is 6.54 Å². The van der Waals surface area contributed by atoms with Gasteiger partial charge in [0.25, 0.3) is 0 Å². The maximum absolute atomic E-state index is 11.2. The summed E-state index contributed by atoms with van der Waals surface area (Å²) in [4.78, 5) is 11.2. The van der Waals surface area contributed by atoms with Crippen LogP contribution >= 0.6 is 0 Å². The summed E-state index contributed by atoms with van der Waals surface area (Å²) in [6, 6.07) is 0. The number of hydrogen-bond donors (Lipinski definition) is 1. The van der Waals surface area contributed by atoms with E-state index in [1.165, 1.54) is 0 Å². The van der Waals surface area contributed by atoms with Gasteiger partial charge in [-0.2, -0.15) is 0 Å². The highest BCUT2D eigenvalue weighted by molar-refractivity contribution is 5.83. The number of rotatable bonds is 0. The van der Waals surface area contributed by atoms with Gasteiger partial charge in [0.05, 0.1) is 18.1 Å². The van der Waals surface area contributed by atoms with Gasteiger partial charge in [-0.3, -0.25) is 4.79 Å². The minimum absolute atomic E-state index is 0.0764. The van der Waals surface area contributed by atoms with Crippen LogP contribution in [0, 0.1) is 11.8 Å². The number of fused-ring (bicyclic) bond motifs is 5. The molecule has 2 bridgehead atoms. The Morgan fingerprint density at radius 2 is 2.27 bits per heavy atom. The molecule has 0 aromatic heterocycles. The van der Waals surface area contributed by atoms with Crippen molar-refractivity contribution < 1.29 is 9.53 Å². The summed E-state index contributed by atoms with van der Waals surface area (Å²) < 4.78 is 5.54. The zero-order valence-corrected chi connectivity index (χ0v) is 5.99. The molecule has 3 aliphatic rings. The van der Waals surface area contributed by atoms with E-state index in [-0.39, 0.29) is 24.0 Å². The standard InChI is InChI=1S/C8H9NO2/c10-8-7-4(3-9-8)5-1-2-6(7)11-5/h1-2,4-7H,3H2,(H,9,10)/t4-,5?,6?,7?/m0/s1. The fourth-order valence-corrected chi connectivity index (χ4v) is 2.31. The number of hydrogen-bond acceptors (Lipinski definition) is 2. The Morgan fingerprint density at radius 3 is 3.09 bits per heavy atom. The molecule has 0 aromatic rings. The molecule has 3 aliphatic heterocycles. The van der Waals surface area contributed by atoms with Crippen molar-refractivity contribution in [2.75, 3.05) is 6.54 Å². The summed E-state index contributed by atoms with van der Waals surface area (Å²) in [5.41, 5.74) is 0. The molecule has 11 heavy (non-hydrogen) atoms. The van der Waals surface area contributed by atoms with E-state index in [0.29, 0.717) is 5.92 Å². The van der Waals surface area contributed by atoms with Gasteiger partial charge in [-0.05, 0) is 0 Å². The van der Waals surface area contributed by atoms with Crippen LogP contribution in [-0.4, -0.2) is 24.7 Å². The van der Waals surface area contributed by atoms with Crippen LogP contribution in [0.1, 0.15) is 0 Å². The first-order chi connectivity index (χ1) is 5.36. The lowest BCUT2D eigenvalue weighted by Crippen LogP contribution is -2.26. The summed E-state index contributed by atoms with van der Waals surface area (Å²) in [5, 5.41) is 2.86. The Kier molecular flexibility index (Phi) is 0.874. The van der Waals surface area contributed by atoms with Crippen molar-refractivity contribution in [3.63, 3.8) is 0 Å². The van der Waals surface area contributed by atoms with Crippen LogP contribution < -0.4 is 5.32 Å². The zero-order valence-electron chi connectivity index (χ0n) is 5.99. The Labute approximate surface area is 64.4 Å². The molecule has 2 saturated heterocycles. The molecule has 1 amide bonds. The fraction of sp³-hybridized carbons (Fsp3) is 0.625. The van der Waals surface area contributed by atoms with Crippen LogP contribution in [0.5, 0.6) is 0 Å². The maximum Gasteiger partial charge on any atom is 0.226 e. The molecule has 0 radical (unpaired) electrons. The van der Waals surface area contributed by atoms with Crippen molar-refractivity contribution in [2.24, 2.45) is 11.8 Å². The first-order valence-electron chi connectivity index (χ1n) is 3.98. The first-order valence-corrected chi connectivity index (χ1v) is 3.98. The Balaban J connectivity index is 2.03. The lowest BCUT2D eigenvalue weighted by Gasteiger charge is -2.11. The van der Waals surface area contributed by atoms with Gasteiger partial charge in [0, 0.05) is 12.5 Å². The van der Waals surface area contributed by atoms with E-state index >= 15 is 0 Å². The van der Waals surface area contributed by atoms with Crippen LogP contribution in [0.4, 0.5) is 0 Å². The van der Waals surface area contributed by atoms with Gasteiger partial charge in [-0.15, -0.1) is 0 Å². The average molecular weight is 151 g/mol. The molecule has 3 unspecified atom stereocenters. The summed E-state index contributed by atoms with van der Waals surface area (Å²) in [6.45, 7) is 0.801. The minimum Gasteiger partial charge on any atom is -0.366 e. The highest BCUT2D eigenvalue weighted by Crippen LogP contribution is 2.41. The van der Waals surface area contributed by atoms with Gasteiger partial charge in [-0.1, -0.05) is 12.2 Å². The highest BCUT2D eigenvalue weighted by atomic mass is 16.5. The largest absolute Gasteiger partial charge is 0.366 e. The highest BCUT2D eigenvalue weighted by Gasteiger charge is 2.52. The topological polar surface area (TPSA) is 38.3 Å². The van der Waals surface area contributed by atoms with Crippen LogP contribution in [0.15, 0.2) is 12.2 Å². The van der Waals surface area contributed by atoms with E-state index in [2.05, 4.69) is 11.4 Å². The predicted molar refractivity (Wildman–Crippen MR) is 37.8 cm³/mol. The van der Waals surface area contributed by atoms with Gasteiger partial charge in [0.2, 0.25) is 5.91 Å². The van der Waals surface area contributed by atoms with Crippen LogP contribution in [0.3, 0.4) is 0 Å². The lowest BCUT2D eigenvalue weighted by molar-refractivity contribution is -0.123. The molecule has 0 saturated carbocycles. The van der Waals surface area contributed by atoms with Crippen molar-refractivity contribution in [3.8, 4) is 0 Å². The smallest absolute Gasteiger partial charge is 0.226 e. The Hall–Kier alpha value is -0.830. The number of carbonyl (C=O) groups excluding carboxylic acids is 1. The van der Waals surface area contributed by atoms with Gasteiger partial charge in [-0.25, -0.2) is 0 Å². The molecule has 0 aromatic carbocycles. The average Bonchev–Trinajstić information content (AvgIpc) is 2.60. The van der Waals surface area contributed by atoms with E-state index in [1.54, 1.807) is 0 Å². The summed E-state index contributed by atoms with van der Waals surface area (Å²) in [5.74, 6) is 0.703. The predicted octanol–water partition coefficient (Wildman–Crippen LogP) is -0.314. The molecule has 2 fully saturated rings. The summed E-state index contributed by atoms with van der Waals surface area (Å²) >= 11 is 0. The number of carbonyl (C=O) groups is 1. The van der Waals surface area contributed by atoms with E-state index in [4.69, 9.17) is 4.74 Å². The van der Waals surface area contributed by atoms with Crippen LogP contribution in [0.25, 0.3) is 0 Å². The van der Waals surface area contributed by atoms with Crippen molar-refractivity contribution in [1.29, 1.82) is 0 Å². The van der Waals surface area contributed by atoms with Gasteiger partial charge in [0.1, 0.15) is 0 Å². The van der Waals surface area contributed by atoms with Crippen molar-refractivity contribution in [3.05, 3.63) is 12.2 Å². The molecule has 4 atom stereocenters. The molecule has 0 aliphatic carbocycles. The van der Waals surface area contributed by atoms with E-state index < -0.39 is 0 Å². The van der Waals surface area contributed by atoms with E-state index in [1.807, 2.05) is 6.08 Å². The number of amides is 1. The molecule has 0 spiro atoms. The second-order valence-electron chi connectivity index (χ2n) is 3.39. The van der Waals surface area contributed by atoms with Crippen LogP contribution in [0.2, 0.25) is 0 Å². The molecule has 3 heteroatoms. The summed E-state index contributed by atoms with van der Waals surface area (Å²) in [6.07, 6.45) is 4.37. The number of ether oxygens (including phenoxy) is 1. The van der Waals surface area contributed by atoms with Gasteiger partial charge in [0.15, 0.2) is 0 Å². The maximum atomic E-state index is 11.2. The van der Waals surface area contributed by atoms with Crippen molar-refractivity contribution >= 4 is 5.91 Å². The van der Waals surface area contributed by atoms with Crippen molar-refractivity contribution in [2.45, 2.75) is 12.2 Å². The lowest BCUT2D eigenvalue weighted by atomic mass is 9.86. The molecule has 58 valence electrons. The third-order valence-electron chi connectivity index (χ3n) is 2.86. The Bertz CT molecular complexity index is 248. The quantitative estimate of drug-likeness (QED) is 0.482. The number of nitrogens with one attached hydrogen (secondary N) is 1. The molecule has 3 nitrogen and oxygen atoms in total. The molecule has 3 rings (SSSR count). The van der Waals surface area contributed by atoms with Crippen LogP contribution in [-0.2, 0) is 9.53 Å². The third kappa shape index (κ3) is 0.554. The molecular formula is C8H9NO2. The first kappa shape index (κ1) is 5.77. The molecule has 3 heterocycles. The van der Waals surface area contributed by atoms with E-state index in [9.17, 15) is 4.79 Å². The Morgan fingerprint density at radius 1 is 1.45 bits per heavy atom. The monoisotopic (exact) mass is 151 g/mol. The molecule has 1 N–H and O–H groups in total. The SMILES string of the molecule is O=C1NC[C@H]2C3C=CC(O3)C12. The van der Waals surface area contributed by atoms with Crippen molar-refractivity contribution in [1.82, 2.24) is 5.32 Å². The molecular weight excluding hydrogens is 142 g/mol. The second-order valence-corrected chi connectivity index (χ2v) is 3.39. The second kappa shape index (κ2) is 1.67. The normalized spacial score (nSPS) is 51.5. The zero-order chi connectivity index (χ0) is 7.42.